The van der Waals surface area contributed by atoms with Crippen molar-refractivity contribution >= 4 is 0 Å². The molecule has 0 saturated carbocycles. The molecule has 19 heavy (non-hydrogen) atoms. The Kier molecular flexibility index (Phi) is 7.72. The second-order valence-corrected chi connectivity index (χ2v) is 4.72. The maximum absolute atomic E-state index is 5.86. The van der Waals surface area contributed by atoms with Crippen LogP contribution in [0.15, 0.2) is 24.3 Å². The quantitative estimate of drug-likeness (QED) is 0.696. The number of rotatable bonds is 9. The van der Waals surface area contributed by atoms with Crippen LogP contribution in [0.3, 0.4) is 0 Å². The summed E-state index contributed by atoms with van der Waals surface area (Å²) < 4.78 is 11.2. The van der Waals surface area contributed by atoms with Gasteiger partial charge in [-0.25, -0.2) is 0 Å². The second kappa shape index (κ2) is 9.08. The third-order valence-electron chi connectivity index (χ3n) is 3.14. The van der Waals surface area contributed by atoms with E-state index in [1.807, 2.05) is 6.92 Å². The van der Waals surface area contributed by atoms with Crippen molar-refractivity contribution in [3.63, 3.8) is 0 Å². The van der Waals surface area contributed by atoms with Crippen LogP contribution in [0.1, 0.15) is 37.9 Å². The predicted octanol–water partition coefficient (Wildman–Crippen LogP) is 3.09. The van der Waals surface area contributed by atoms with Crippen LogP contribution in [0.4, 0.5) is 0 Å². The number of aryl methyl sites for hydroxylation is 1. The van der Waals surface area contributed by atoms with E-state index in [-0.39, 0.29) is 12.1 Å². The second-order valence-electron chi connectivity index (χ2n) is 4.72. The van der Waals surface area contributed by atoms with Crippen LogP contribution >= 0.6 is 0 Å². The predicted molar refractivity (Wildman–Crippen MR) is 79.5 cm³/mol. The third-order valence-corrected chi connectivity index (χ3v) is 3.14. The lowest BCUT2D eigenvalue weighted by Crippen LogP contribution is -2.32. The lowest BCUT2D eigenvalue weighted by Gasteiger charge is -2.25. The first-order chi connectivity index (χ1) is 9.19. The molecular formula is C16H27NO2. The number of benzene rings is 1. The van der Waals surface area contributed by atoms with Gasteiger partial charge in [-0.1, -0.05) is 36.8 Å². The van der Waals surface area contributed by atoms with E-state index >= 15 is 0 Å². The number of likely N-dealkylation sites (N-methyl/N-ethyl adjacent to an activating group) is 1. The number of hydrogen-bond donors (Lipinski definition) is 1. The molecule has 1 aromatic carbocycles. The average molecular weight is 265 g/mol. The summed E-state index contributed by atoms with van der Waals surface area (Å²) in [5, 5.41) is 3.49. The van der Waals surface area contributed by atoms with Crippen molar-refractivity contribution in [1.29, 1.82) is 0 Å². The van der Waals surface area contributed by atoms with Gasteiger partial charge >= 0.3 is 0 Å². The van der Waals surface area contributed by atoms with E-state index < -0.39 is 0 Å². The molecule has 0 aliphatic heterocycles. The van der Waals surface area contributed by atoms with Crippen LogP contribution < -0.4 is 5.32 Å². The summed E-state index contributed by atoms with van der Waals surface area (Å²) in [6, 6.07) is 8.86. The molecule has 108 valence electrons. The van der Waals surface area contributed by atoms with Crippen LogP contribution in [0.25, 0.3) is 0 Å². The summed E-state index contributed by atoms with van der Waals surface area (Å²) >= 11 is 0. The van der Waals surface area contributed by atoms with Gasteiger partial charge in [0.05, 0.1) is 25.4 Å². The van der Waals surface area contributed by atoms with Gasteiger partial charge in [0.1, 0.15) is 0 Å². The first-order valence-electron chi connectivity index (χ1n) is 7.18. The molecule has 0 aliphatic carbocycles. The highest BCUT2D eigenvalue weighted by Crippen LogP contribution is 2.19. The van der Waals surface area contributed by atoms with Crippen molar-refractivity contribution in [2.75, 3.05) is 26.4 Å². The molecule has 1 aromatic rings. The molecule has 0 radical (unpaired) electrons. The van der Waals surface area contributed by atoms with Crippen LogP contribution in [0.2, 0.25) is 0 Å². The first-order valence-corrected chi connectivity index (χ1v) is 7.18. The summed E-state index contributed by atoms with van der Waals surface area (Å²) in [5.74, 6) is 0. The Morgan fingerprint density at radius 2 is 1.79 bits per heavy atom. The molecule has 0 aliphatic rings. The van der Waals surface area contributed by atoms with Gasteiger partial charge in [0.2, 0.25) is 0 Å². The minimum Gasteiger partial charge on any atom is -0.379 e. The van der Waals surface area contributed by atoms with E-state index in [0.717, 1.165) is 13.2 Å². The van der Waals surface area contributed by atoms with Crippen molar-refractivity contribution in [1.82, 2.24) is 5.32 Å². The standard InChI is InChI=1S/C16H27NO2/c1-5-17-16(14(4)19-12-11-18-6-2)15-9-7-13(3)8-10-15/h7-10,14,16-17H,5-6,11-12H2,1-4H3. The molecule has 0 spiro atoms. The highest BCUT2D eigenvalue weighted by atomic mass is 16.5. The van der Waals surface area contributed by atoms with Gasteiger partial charge in [-0.3, -0.25) is 0 Å². The van der Waals surface area contributed by atoms with Crippen LogP contribution in [-0.4, -0.2) is 32.5 Å². The molecule has 2 atom stereocenters. The molecule has 0 aromatic heterocycles. The minimum absolute atomic E-state index is 0.128. The van der Waals surface area contributed by atoms with Crippen molar-refractivity contribution in [3.8, 4) is 0 Å². The van der Waals surface area contributed by atoms with Gasteiger partial charge in [0, 0.05) is 6.61 Å². The fourth-order valence-corrected chi connectivity index (χ4v) is 2.08. The highest BCUT2D eigenvalue weighted by molar-refractivity contribution is 5.24. The van der Waals surface area contributed by atoms with Gasteiger partial charge in [0.25, 0.3) is 0 Å². The number of hydrogen-bond acceptors (Lipinski definition) is 3. The first kappa shape index (κ1) is 16.2. The Morgan fingerprint density at radius 1 is 1.11 bits per heavy atom. The summed E-state index contributed by atoms with van der Waals surface area (Å²) in [7, 11) is 0. The molecule has 0 saturated heterocycles. The van der Waals surface area contributed by atoms with Gasteiger partial charge in [-0.2, -0.15) is 0 Å². The largest absolute Gasteiger partial charge is 0.379 e. The van der Waals surface area contributed by atoms with E-state index in [1.165, 1.54) is 11.1 Å². The summed E-state index contributed by atoms with van der Waals surface area (Å²) in [6.07, 6.45) is 0.128. The molecule has 2 unspecified atom stereocenters. The zero-order chi connectivity index (χ0) is 14.1. The van der Waals surface area contributed by atoms with E-state index in [2.05, 4.69) is 50.4 Å². The minimum atomic E-state index is 0.128. The van der Waals surface area contributed by atoms with Gasteiger partial charge in [0.15, 0.2) is 0 Å². The molecule has 1 rings (SSSR count). The number of ether oxygens (including phenoxy) is 2. The molecule has 0 heterocycles. The molecule has 0 amide bonds. The molecule has 3 nitrogen and oxygen atoms in total. The molecule has 0 fully saturated rings. The average Bonchev–Trinajstić information content (AvgIpc) is 2.42. The SMILES string of the molecule is CCNC(c1ccc(C)cc1)C(C)OCCOCC. The van der Waals surface area contributed by atoms with E-state index in [0.29, 0.717) is 13.2 Å². The van der Waals surface area contributed by atoms with Crippen LogP contribution in [0.5, 0.6) is 0 Å². The van der Waals surface area contributed by atoms with Gasteiger partial charge in [-0.15, -0.1) is 0 Å². The zero-order valence-corrected chi connectivity index (χ0v) is 12.6. The Balaban J connectivity index is 2.57. The lowest BCUT2D eigenvalue weighted by atomic mass is 10.0. The smallest absolute Gasteiger partial charge is 0.0742 e. The maximum atomic E-state index is 5.86. The Labute approximate surface area is 117 Å². The van der Waals surface area contributed by atoms with E-state index in [9.17, 15) is 0 Å². The zero-order valence-electron chi connectivity index (χ0n) is 12.6. The molecular weight excluding hydrogens is 238 g/mol. The van der Waals surface area contributed by atoms with E-state index in [4.69, 9.17) is 9.47 Å². The summed E-state index contributed by atoms with van der Waals surface area (Å²) in [5.41, 5.74) is 2.56. The van der Waals surface area contributed by atoms with Gasteiger partial charge in [-0.05, 0) is 32.9 Å². The van der Waals surface area contributed by atoms with Crippen LogP contribution in [0, 0.1) is 6.92 Å². The van der Waals surface area contributed by atoms with Gasteiger partial charge < -0.3 is 14.8 Å². The Hall–Kier alpha value is -0.900. The molecule has 1 N–H and O–H groups in total. The lowest BCUT2D eigenvalue weighted by molar-refractivity contribution is -0.000963. The summed E-state index contributed by atoms with van der Waals surface area (Å²) in [4.78, 5) is 0. The Morgan fingerprint density at radius 3 is 2.37 bits per heavy atom. The number of nitrogens with one attached hydrogen (secondary N) is 1. The van der Waals surface area contributed by atoms with Crippen molar-refractivity contribution < 1.29 is 9.47 Å². The monoisotopic (exact) mass is 265 g/mol. The fraction of sp³-hybridized carbons (Fsp3) is 0.625. The Bertz CT molecular complexity index is 337. The van der Waals surface area contributed by atoms with Crippen molar-refractivity contribution in [3.05, 3.63) is 35.4 Å². The van der Waals surface area contributed by atoms with Crippen LogP contribution in [-0.2, 0) is 9.47 Å². The third kappa shape index (κ3) is 5.72. The summed E-state index contributed by atoms with van der Waals surface area (Å²) in [6.45, 7) is 11.3. The fourth-order valence-electron chi connectivity index (χ4n) is 2.08. The van der Waals surface area contributed by atoms with E-state index in [1.54, 1.807) is 0 Å². The maximum Gasteiger partial charge on any atom is 0.0742 e. The van der Waals surface area contributed by atoms with Crippen molar-refractivity contribution in [2.45, 2.75) is 39.8 Å². The highest BCUT2D eigenvalue weighted by Gasteiger charge is 2.18. The topological polar surface area (TPSA) is 30.5 Å². The molecule has 3 heteroatoms. The van der Waals surface area contributed by atoms with Crippen molar-refractivity contribution in [2.24, 2.45) is 0 Å². The molecule has 0 bridgehead atoms. The normalized spacial score (nSPS) is 14.3.